The van der Waals surface area contributed by atoms with Crippen LogP contribution in [0.1, 0.15) is 65.5 Å². The van der Waals surface area contributed by atoms with Gasteiger partial charge in [0.15, 0.2) is 0 Å². The molecule has 0 unspecified atom stereocenters. The molecule has 1 aromatic heterocycles. The first-order valence-electron chi connectivity index (χ1n) is 12.1. The van der Waals surface area contributed by atoms with Gasteiger partial charge in [0.1, 0.15) is 0 Å². The van der Waals surface area contributed by atoms with Gasteiger partial charge in [0.25, 0.3) is 5.91 Å². The van der Waals surface area contributed by atoms with Gasteiger partial charge >= 0.3 is 0 Å². The van der Waals surface area contributed by atoms with Gasteiger partial charge in [-0.25, -0.2) is 0 Å². The first-order chi connectivity index (χ1) is 16.8. The Labute approximate surface area is 210 Å². The zero-order valence-electron chi connectivity index (χ0n) is 20.4. The molecule has 1 aliphatic rings. The maximum atomic E-state index is 13.0. The molecule has 0 radical (unpaired) electrons. The Morgan fingerprint density at radius 1 is 1.11 bits per heavy atom. The van der Waals surface area contributed by atoms with Crippen LogP contribution >= 0.6 is 11.3 Å². The lowest BCUT2D eigenvalue weighted by Gasteiger charge is -2.17. The van der Waals surface area contributed by atoms with Crippen molar-refractivity contribution in [3.05, 3.63) is 76.2 Å². The van der Waals surface area contributed by atoms with Gasteiger partial charge in [0, 0.05) is 40.5 Å². The van der Waals surface area contributed by atoms with E-state index in [4.69, 9.17) is 0 Å². The molecular weight excluding hydrogens is 458 g/mol. The van der Waals surface area contributed by atoms with Gasteiger partial charge in [-0.3, -0.25) is 9.59 Å². The largest absolute Gasteiger partial charge is 0.393 e. The van der Waals surface area contributed by atoms with E-state index in [1.807, 2.05) is 32.0 Å². The molecule has 35 heavy (non-hydrogen) atoms. The topological polar surface area (TPSA) is 90.5 Å². The van der Waals surface area contributed by atoms with Crippen LogP contribution in [0.15, 0.2) is 54.6 Å². The van der Waals surface area contributed by atoms with E-state index in [1.54, 1.807) is 23.5 Å². The third-order valence-electron chi connectivity index (χ3n) is 6.45. The van der Waals surface area contributed by atoms with Crippen LogP contribution in [-0.2, 0) is 11.3 Å². The Morgan fingerprint density at radius 2 is 1.94 bits per heavy atom. The van der Waals surface area contributed by atoms with Crippen molar-refractivity contribution in [1.82, 2.24) is 10.6 Å². The molecule has 3 atom stereocenters. The minimum atomic E-state index is -0.179. The van der Waals surface area contributed by atoms with Crippen molar-refractivity contribution >= 4 is 28.8 Å². The fraction of sp³-hybridized carbons (Fsp3) is 0.357. The van der Waals surface area contributed by atoms with Crippen molar-refractivity contribution in [3.8, 4) is 10.4 Å². The van der Waals surface area contributed by atoms with Gasteiger partial charge in [-0.2, -0.15) is 0 Å². The molecule has 7 heteroatoms. The van der Waals surface area contributed by atoms with Gasteiger partial charge < -0.3 is 21.1 Å². The van der Waals surface area contributed by atoms with Crippen LogP contribution in [-0.4, -0.2) is 29.1 Å². The number of hydrogen-bond acceptors (Lipinski definition) is 5. The van der Waals surface area contributed by atoms with E-state index in [9.17, 15) is 14.7 Å². The molecule has 1 aliphatic carbocycles. The molecule has 6 nitrogen and oxygen atoms in total. The van der Waals surface area contributed by atoms with E-state index in [0.717, 1.165) is 42.5 Å². The summed E-state index contributed by atoms with van der Waals surface area (Å²) in [4.78, 5) is 26.8. The average Bonchev–Trinajstić information content (AvgIpc) is 3.47. The second-order valence-corrected chi connectivity index (χ2v) is 10.5. The number of amides is 2. The number of rotatable bonds is 8. The highest BCUT2D eigenvalue weighted by Gasteiger charge is 2.22. The Morgan fingerprint density at radius 3 is 2.69 bits per heavy atom. The number of carbonyl (C=O) groups is 2. The van der Waals surface area contributed by atoms with Crippen LogP contribution in [0.4, 0.5) is 5.69 Å². The summed E-state index contributed by atoms with van der Waals surface area (Å²) >= 11 is 1.76. The van der Waals surface area contributed by atoms with Crippen LogP contribution in [0, 0.1) is 6.92 Å². The van der Waals surface area contributed by atoms with Gasteiger partial charge in [-0.05, 0) is 80.1 Å². The monoisotopic (exact) mass is 491 g/mol. The van der Waals surface area contributed by atoms with Gasteiger partial charge in [0.2, 0.25) is 5.91 Å². The summed E-state index contributed by atoms with van der Waals surface area (Å²) in [6.07, 6.45) is 2.58. The third-order valence-corrected chi connectivity index (χ3v) is 7.59. The lowest BCUT2D eigenvalue weighted by Crippen LogP contribution is -2.27. The molecule has 2 amide bonds. The van der Waals surface area contributed by atoms with E-state index < -0.39 is 0 Å². The van der Waals surface area contributed by atoms with E-state index in [-0.39, 0.29) is 24.0 Å². The number of benzene rings is 2. The molecular formula is C28H33N3O3S. The fourth-order valence-corrected chi connectivity index (χ4v) is 5.44. The van der Waals surface area contributed by atoms with Crippen LogP contribution < -0.4 is 16.0 Å². The third kappa shape index (κ3) is 6.57. The highest BCUT2D eigenvalue weighted by Crippen LogP contribution is 2.30. The lowest BCUT2D eigenvalue weighted by atomic mass is 10.0. The lowest BCUT2D eigenvalue weighted by molar-refractivity contribution is -0.114. The molecule has 1 saturated carbocycles. The van der Waals surface area contributed by atoms with Crippen molar-refractivity contribution in [2.45, 2.75) is 64.8 Å². The van der Waals surface area contributed by atoms with Crippen molar-refractivity contribution in [2.24, 2.45) is 0 Å². The van der Waals surface area contributed by atoms with Crippen molar-refractivity contribution in [3.63, 3.8) is 0 Å². The predicted octanol–water partition coefficient (Wildman–Crippen LogP) is 5.18. The van der Waals surface area contributed by atoms with Crippen LogP contribution in [0.25, 0.3) is 10.4 Å². The molecule has 0 saturated heterocycles. The first-order valence-corrected chi connectivity index (χ1v) is 12.9. The molecule has 0 aliphatic heterocycles. The van der Waals surface area contributed by atoms with E-state index in [2.05, 4.69) is 40.2 Å². The second-order valence-electron chi connectivity index (χ2n) is 9.34. The first kappa shape index (κ1) is 25.1. The maximum absolute atomic E-state index is 13.0. The Hall–Kier alpha value is -3.00. The molecule has 2 aromatic carbocycles. The number of aryl methyl sites for hydroxylation is 1. The molecule has 1 fully saturated rings. The molecule has 0 spiro atoms. The molecule has 0 bridgehead atoms. The second kappa shape index (κ2) is 11.2. The summed E-state index contributed by atoms with van der Waals surface area (Å²) in [6.45, 7) is 6.12. The normalized spacial score (nSPS) is 18.3. The Balaban J connectivity index is 1.41. The average molecular weight is 492 g/mol. The van der Waals surface area contributed by atoms with E-state index >= 15 is 0 Å². The van der Waals surface area contributed by atoms with Crippen LogP contribution in [0.5, 0.6) is 0 Å². The summed E-state index contributed by atoms with van der Waals surface area (Å²) < 4.78 is 0. The number of thiophene rings is 1. The quantitative estimate of drug-likeness (QED) is 0.350. The van der Waals surface area contributed by atoms with Gasteiger partial charge in [0.05, 0.1) is 12.1 Å². The molecule has 1 heterocycles. The van der Waals surface area contributed by atoms with E-state index in [0.29, 0.717) is 17.3 Å². The smallest absolute Gasteiger partial charge is 0.252 e. The number of carbonyl (C=O) groups excluding carboxylic acids is 2. The van der Waals surface area contributed by atoms with Crippen molar-refractivity contribution in [2.75, 3.05) is 5.32 Å². The van der Waals surface area contributed by atoms with Gasteiger partial charge in [-0.15, -0.1) is 11.3 Å². The number of nitrogens with one attached hydrogen (secondary N) is 3. The minimum Gasteiger partial charge on any atom is -0.393 e. The maximum Gasteiger partial charge on any atom is 0.252 e. The number of anilines is 1. The highest BCUT2D eigenvalue weighted by atomic mass is 32.1. The summed E-state index contributed by atoms with van der Waals surface area (Å²) in [6, 6.07) is 18.1. The van der Waals surface area contributed by atoms with Crippen molar-refractivity contribution < 1.29 is 14.7 Å². The molecule has 3 aromatic rings. The zero-order chi connectivity index (χ0) is 24.9. The van der Waals surface area contributed by atoms with Crippen LogP contribution in [0.3, 0.4) is 0 Å². The highest BCUT2D eigenvalue weighted by molar-refractivity contribution is 7.15. The summed E-state index contributed by atoms with van der Waals surface area (Å²) in [5, 5.41) is 19.1. The Kier molecular flexibility index (Phi) is 8.00. The minimum absolute atomic E-state index is 0.165. The van der Waals surface area contributed by atoms with Crippen LogP contribution in [0.2, 0.25) is 0 Å². The standard InChI is InChI=1S/C28H33N3O3S/c1-17-7-8-23(31-19(3)32)15-26(17)28(34)30-18(2)20-5-4-6-21(13-20)27-12-11-25(35-27)16-29-22-9-10-24(33)14-22/h4-8,11-13,15,18,22,24,29,33H,9-10,14,16H2,1-3H3,(H,30,34)(H,31,32)/t18-,22+,24-/m1/s1. The van der Waals surface area contributed by atoms with Crippen molar-refractivity contribution in [1.29, 1.82) is 0 Å². The number of aliphatic hydroxyl groups excluding tert-OH is 1. The number of hydrogen-bond donors (Lipinski definition) is 4. The SMILES string of the molecule is CC(=O)Nc1ccc(C)c(C(=O)N[C@H](C)c2cccc(-c3ccc(CN[C@H]4CC[C@@H](O)C4)s3)c2)c1. The summed E-state index contributed by atoms with van der Waals surface area (Å²) in [5.41, 5.74) is 4.16. The fourth-order valence-electron chi connectivity index (χ4n) is 4.48. The summed E-state index contributed by atoms with van der Waals surface area (Å²) in [5.74, 6) is -0.343. The molecule has 4 N–H and O–H groups in total. The number of aliphatic hydroxyl groups is 1. The van der Waals surface area contributed by atoms with E-state index in [1.165, 1.54) is 16.7 Å². The molecule has 4 rings (SSSR count). The summed E-state index contributed by atoms with van der Waals surface area (Å²) in [7, 11) is 0. The Bertz CT molecular complexity index is 1210. The van der Waals surface area contributed by atoms with Gasteiger partial charge in [-0.1, -0.05) is 24.3 Å². The zero-order valence-corrected chi connectivity index (χ0v) is 21.2. The predicted molar refractivity (Wildman–Crippen MR) is 142 cm³/mol. The molecule has 184 valence electrons.